The SMILES string of the molecule is O=[N+]([O-])c1cccc(CSc2ccncc2)c1F. The van der Waals surface area contributed by atoms with E-state index in [1.807, 2.05) is 0 Å². The van der Waals surface area contributed by atoms with Gasteiger partial charge in [0.1, 0.15) is 0 Å². The van der Waals surface area contributed by atoms with Crippen molar-refractivity contribution >= 4 is 17.4 Å². The van der Waals surface area contributed by atoms with Crippen molar-refractivity contribution in [2.24, 2.45) is 0 Å². The van der Waals surface area contributed by atoms with Gasteiger partial charge in [-0.05, 0) is 12.1 Å². The van der Waals surface area contributed by atoms with E-state index >= 15 is 0 Å². The molecule has 2 rings (SSSR count). The van der Waals surface area contributed by atoms with E-state index in [2.05, 4.69) is 4.98 Å². The van der Waals surface area contributed by atoms with Gasteiger partial charge in [0.2, 0.25) is 5.82 Å². The molecule has 4 nitrogen and oxygen atoms in total. The van der Waals surface area contributed by atoms with Crippen LogP contribution in [0.5, 0.6) is 0 Å². The second kappa shape index (κ2) is 5.59. The van der Waals surface area contributed by atoms with E-state index < -0.39 is 16.4 Å². The van der Waals surface area contributed by atoms with Crippen LogP contribution >= 0.6 is 11.8 Å². The van der Waals surface area contributed by atoms with Gasteiger partial charge in [-0.1, -0.05) is 12.1 Å². The summed E-state index contributed by atoms with van der Waals surface area (Å²) in [4.78, 5) is 14.7. The van der Waals surface area contributed by atoms with Gasteiger partial charge in [-0.15, -0.1) is 11.8 Å². The Balaban J connectivity index is 2.15. The number of rotatable bonds is 4. The lowest BCUT2D eigenvalue weighted by Gasteiger charge is -2.03. The number of thioether (sulfide) groups is 1. The average Bonchev–Trinajstić information content (AvgIpc) is 2.38. The van der Waals surface area contributed by atoms with Gasteiger partial charge in [0.05, 0.1) is 4.92 Å². The molecule has 1 aromatic heterocycles. The fraction of sp³-hybridized carbons (Fsp3) is 0.0833. The first-order chi connectivity index (χ1) is 8.68. The summed E-state index contributed by atoms with van der Waals surface area (Å²) in [6.07, 6.45) is 3.29. The van der Waals surface area contributed by atoms with Crippen LogP contribution in [0.3, 0.4) is 0 Å². The molecule has 92 valence electrons. The maximum Gasteiger partial charge on any atom is 0.305 e. The quantitative estimate of drug-likeness (QED) is 0.482. The van der Waals surface area contributed by atoms with Gasteiger partial charge in [-0.3, -0.25) is 15.1 Å². The molecule has 0 aliphatic rings. The minimum atomic E-state index is -0.760. The van der Waals surface area contributed by atoms with E-state index in [0.29, 0.717) is 11.3 Å². The number of nitro benzene ring substituents is 1. The predicted octanol–water partition coefficient (Wildman–Crippen LogP) is 3.42. The van der Waals surface area contributed by atoms with Crippen LogP contribution in [0.4, 0.5) is 10.1 Å². The van der Waals surface area contributed by atoms with E-state index in [-0.39, 0.29) is 0 Å². The zero-order chi connectivity index (χ0) is 13.0. The van der Waals surface area contributed by atoms with Crippen LogP contribution in [0.25, 0.3) is 0 Å². The fourth-order valence-electron chi connectivity index (χ4n) is 1.41. The Morgan fingerprint density at radius 2 is 2.00 bits per heavy atom. The highest BCUT2D eigenvalue weighted by Crippen LogP contribution is 2.27. The van der Waals surface area contributed by atoms with Crippen LogP contribution in [0.15, 0.2) is 47.6 Å². The average molecular weight is 264 g/mol. The number of aromatic nitrogens is 1. The van der Waals surface area contributed by atoms with Crippen LogP contribution in [0.2, 0.25) is 0 Å². The zero-order valence-electron chi connectivity index (χ0n) is 9.25. The van der Waals surface area contributed by atoms with Crippen LogP contribution in [-0.4, -0.2) is 9.91 Å². The first kappa shape index (κ1) is 12.5. The van der Waals surface area contributed by atoms with Gasteiger partial charge in [-0.25, -0.2) is 0 Å². The molecule has 0 unspecified atom stereocenters. The van der Waals surface area contributed by atoms with Gasteiger partial charge in [0.25, 0.3) is 0 Å². The van der Waals surface area contributed by atoms with Crippen molar-refractivity contribution in [2.75, 3.05) is 0 Å². The molecule has 6 heteroatoms. The molecule has 0 saturated carbocycles. The first-order valence-electron chi connectivity index (χ1n) is 5.13. The molecule has 0 N–H and O–H groups in total. The Kier molecular flexibility index (Phi) is 3.88. The van der Waals surface area contributed by atoms with Crippen molar-refractivity contribution < 1.29 is 9.31 Å². The molecule has 0 fully saturated rings. The Labute approximate surface area is 107 Å². The van der Waals surface area contributed by atoms with Gasteiger partial charge >= 0.3 is 5.69 Å². The van der Waals surface area contributed by atoms with Crippen molar-refractivity contribution in [1.82, 2.24) is 4.98 Å². The highest BCUT2D eigenvalue weighted by molar-refractivity contribution is 7.98. The summed E-state index contributed by atoms with van der Waals surface area (Å²) in [5.41, 5.74) is -0.158. The maximum absolute atomic E-state index is 13.8. The molecule has 0 bridgehead atoms. The molecular weight excluding hydrogens is 255 g/mol. The molecule has 2 aromatic rings. The zero-order valence-corrected chi connectivity index (χ0v) is 10.1. The highest BCUT2D eigenvalue weighted by atomic mass is 32.2. The van der Waals surface area contributed by atoms with Gasteiger partial charge in [-0.2, -0.15) is 4.39 Å². The summed E-state index contributed by atoms with van der Waals surface area (Å²) < 4.78 is 13.8. The molecule has 18 heavy (non-hydrogen) atoms. The minimum Gasteiger partial charge on any atom is -0.265 e. The predicted molar refractivity (Wildman–Crippen MR) is 66.9 cm³/mol. The van der Waals surface area contributed by atoms with E-state index in [1.165, 1.54) is 17.8 Å². The lowest BCUT2D eigenvalue weighted by Crippen LogP contribution is -1.96. The third kappa shape index (κ3) is 2.84. The number of halogens is 1. The fourth-order valence-corrected chi connectivity index (χ4v) is 2.27. The summed E-state index contributed by atoms with van der Waals surface area (Å²) in [6.45, 7) is 0. The van der Waals surface area contributed by atoms with Crippen molar-refractivity contribution in [2.45, 2.75) is 10.6 Å². The Hall–Kier alpha value is -1.95. The molecule has 0 aliphatic carbocycles. The van der Waals surface area contributed by atoms with Crippen molar-refractivity contribution in [3.63, 3.8) is 0 Å². The number of benzene rings is 1. The monoisotopic (exact) mass is 264 g/mol. The number of hydrogen-bond acceptors (Lipinski definition) is 4. The third-order valence-corrected chi connectivity index (χ3v) is 3.36. The molecule has 1 aromatic carbocycles. The molecule has 0 saturated heterocycles. The van der Waals surface area contributed by atoms with Crippen LogP contribution in [0, 0.1) is 15.9 Å². The third-order valence-electron chi connectivity index (χ3n) is 2.30. The first-order valence-corrected chi connectivity index (χ1v) is 6.11. The van der Waals surface area contributed by atoms with Crippen molar-refractivity contribution in [1.29, 1.82) is 0 Å². The lowest BCUT2D eigenvalue weighted by atomic mass is 10.2. The maximum atomic E-state index is 13.8. The Morgan fingerprint density at radius 1 is 1.28 bits per heavy atom. The molecule has 0 radical (unpaired) electrons. The number of pyridine rings is 1. The summed E-state index contributed by atoms with van der Waals surface area (Å²) in [5.74, 6) is -0.415. The second-order valence-electron chi connectivity index (χ2n) is 3.48. The highest BCUT2D eigenvalue weighted by Gasteiger charge is 2.16. The summed E-state index contributed by atoms with van der Waals surface area (Å²) in [7, 11) is 0. The lowest BCUT2D eigenvalue weighted by molar-refractivity contribution is -0.387. The topological polar surface area (TPSA) is 56.0 Å². The Morgan fingerprint density at radius 3 is 2.67 bits per heavy atom. The summed E-state index contributed by atoms with van der Waals surface area (Å²) >= 11 is 1.41. The smallest absolute Gasteiger partial charge is 0.265 e. The molecule has 0 spiro atoms. The van der Waals surface area contributed by atoms with Gasteiger partial charge in [0.15, 0.2) is 0 Å². The second-order valence-corrected chi connectivity index (χ2v) is 4.53. The molecule has 0 atom stereocenters. The van der Waals surface area contributed by atoms with Crippen LogP contribution in [0.1, 0.15) is 5.56 Å². The Bertz CT molecular complexity index is 563. The van der Waals surface area contributed by atoms with E-state index in [0.717, 1.165) is 11.0 Å². The molecule has 0 aliphatic heterocycles. The standard InChI is InChI=1S/C12H9FN2O2S/c13-12-9(2-1-3-11(12)15(16)17)8-18-10-4-6-14-7-5-10/h1-7H,8H2. The number of nitrogens with zero attached hydrogens (tertiary/aromatic N) is 2. The van der Waals surface area contributed by atoms with Crippen LogP contribution < -0.4 is 0 Å². The largest absolute Gasteiger partial charge is 0.305 e. The summed E-state index contributed by atoms with van der Waals surface area (Å²) in [6, 6.07) is 7.82. The van der Waals surface area contributed by atoms with Crippen LogP contribution in [-0.2, 0) is 5.75 Å². The van der Waals surface area contributed by atoms with E-state index in [4.69, 9.17) is 0 Å². The van der Waals surface area contributed by atoms with Crippen molar-refractivity contribution in [3.05, 3.63) is 64.2 Å². The number of hydrogen-bond donors (Lipinski definition) is 0. The van der Waals surface area contributed by atoms with E-state index in [9.17, 15) is 14.5 Å². The molecule has 1 heterocycles. The molecule has 0 amide bonds. The number of nitro groups is 1. The summed E-state index contributed by atoms with van der Waals surface area (Å²) in [5, 5.41) is 10.6. The minimum absolute atomic E-state index is 0.325. The normalized spacial score (nSPS) is 10.3. The van der Waals surface area contributed by atoms with Crippen molar-refractivity contribution in [3.8, 4) is 0 Å². The van der Waals surface area contributed by atoms with Gasteiger partial charge < -0.3 is 0 Å². The molecular formula is C12H9FN2O2S. The van der Waals surface area contributed by atoms with Gasteiger partial charge in [0, 0.05) is 34.7 Å². The van der Waals surface area contributed by atoms with E-state index in [1.54, 1.807) is 30.6 Å².